The van der Waals surface area contributed by atoms with Gasteiger partial charge in [-0.3, -0.25) is 4.79 Å². The van der Waals surface area contributed by atoms with Gasteiger partial charge in [0.15, 0.2) is 0 Å². The van der Waals surface area contributed by atoms with Gasteiger partial charge in [0.25, 0.3) is 5.91 Å². The van der Waals surface area contributed by atoms with E-state index in [-0.39, 0.29) is 41.9 Å². The van der Waals surface area contributed by atoms with Crippen molar-refractivity contribution in [1.29, 1.82) is 0 Å². The van der Waals surface area contributed by atoms with Crippen LogP contribution in [0.4, 0.5) is 0 Å². The summed E-state index contributed by atoms with van der Waals surface area (Å²) in [7, 11) is -6.04. The molecule has 2 aromatic carbocycles. The van der Waals surface area contributed by atoms with Crippen LogP contribution in [0, 0.1) is 0 Å². The zero-order valence-electron chi connectivity index (χ0n) is 19.0. The monoisotopic (exact) mass is 495 g/mol. The first-order valence-corrected chi connectivity index (χ1v) is 13.6. The van der Waals surface area contributed by atoms with Crippen LogP contribution in [-0.4, -0.2) is 82.6 Å². The molecular formula is C22H29N3O6S2. The van der Waals surface area contributed by atoms with E-state index in [0.717, 1.165) is 0 Å². The Balaban J connectivity index is 1.70. The number of carbonyl (C=O) groups excluding carboxylic acids is 1. The summed E-state index contributed by atoms with van der Waals surface area (Å²) in [5.74, 6) is 0.399. The molecule has 0 saturated carbocycles. The van der Waals surface area contributed by atoms with Crippen molar-refractivity contribution < 1.29 is 26.4 Å². The molecule has 1 aliphatic rings. The van der Waals surface area contributed by atoms with Gasteiger partial charge in [-0.05, 0) is 62.4 Å². The summed E-state index contributed by atoms with van der Waals surface area (Å²) in [5, 5.41) is 0. The van der Waals surface area contributed by atoms with Crippen LogP contribution in [0.1, 0.15) is 24.2 Å². The summed E-state index contributed by atoms with van der Waals surface area (Å²) >= 11 is 0. The lowest BCUT2D eigenvalue weighted by molar-refractivity contribution is 0.0773. The Morgan fingerprint density at radius 1 is 0.788 bits per heavy atom. The molecule has 0 aliphatic carbocycles. The Morgan fingerprint density at radius 2 is 1.18 bits per heavy atom. The second-order valence-corrected chi connectivity index (χ2v) is 11.4. The van der Waals surface area contributed by atoms with Gasteiger partial charge in [0.1, 0.15) is 5.75 Å². The summed E-state index contributed by atoms with van der Waals surface area (Å²) in [6.07, 6.45) is 0. The molecule has 0 aromatic heterocycles. The first-order valence-electron chi connectivity index (χ1n) is 10.7. The van der Waals surface area contributed by atoms with Gasteiger partial charge < -0.3 is 9.64 Å². The number of hydrogen-bond donors (Lipinski definition) is 0. The molecule has 0 N–H and O–H groups in total. The molecule has 180 valence electrons. The number of rotatable bonds is 8. The topological polar surface area (TPSA) is 104 Å². The zero-order valence-corrected chi connectivity index (χ0v) is 20.6. The maximum absolute atomic E-state index is 13.1. The maximum atomic E-state index is 13.1. The first-order chi connectivity index (χ1) is 15.6. The fourth-order valence-electron chi connectivity index (χ4n) is 3.66. The average molecular weight is 496 g/mol. The summed E-state index contributed by atoms with van der Waals surface area (Å²) in [6, 6.07) is 12.0. The molecule has 1 heterocycles. The van der Waals surface area contributed by atoms with E-state index < -0.39 is 20.0 Å². The standard InChI is InChI=1S/C22H29N3O6S2/c1-4-23(5-2)22(26)18-6-10-20(11-7-18)32(27,28)24-14-16-25(17-15-24)33(29,30)21-12-8-19(31-3)9-13-21/h6-13H,4-5,14-17H2,1-3H3. The van der Waals surface area contributed by atoms with Gasteiger partial charge in [-0.15, -0.1) is 0 Å². The number of piperazine rings is 1. The predicted molar refractivity (Wildman–Crippen MR) is 124 cm³/mol. The third-order valence-corrected chi connectivity index (χ3v) is 9.51. The first kappa shape index (κ1) is 25.2. The minimum absolute atomic E-state index is 0.0395. The van der Waals surface area contributed by atoms with Crippen molar-refractivity contribution in [2.45, 2.75) is 23.6 Å². The highest BCUT2D eigenvalue weighted by Gasteiger charge is 2.33. The average Bonchev–Trinajstić information content (AvgIpc) is 2.85. The van der Waals surface area contributed by atoms with Crippen molar-refractivity contribution in [3.05, 3.63) is 54.1 Å². The quantitative estimate of drug-likeness (QED) is 0.554. The lowest BCUT2D eigenvalue weighted by atomic mass is 10.2. The predicted octanol–water partition coefficient (Wildman–Crippen LogP) is 1.87. The molecule has 0 radical (unpaired) electrons. The number of nitrogens with zero attached hydrogens (tertiary/aromatic N) is 3. The van der Waals surface area contributed by atoms with E-state index >= 15 is 0 Å². The lowest BCUT2D eigenvalue weighted by Gasteiger charge is -2.33. The summed E-state index contributed by atoms with van der Waals surface area (Å²) in [6.45, 7) is 5.08. The van der Waals surface area contributed by atoms with Gasteiger partial charge in [0.2, 0.25) is 20.0 Å². The molecule has 33 heavy (non-hydrogen) atoms. The van der Waals surface area contributed by atoms with Gasteiger partial charge in [0.05, 0.1) is 16.9 Å². The number of ether oxygens (including phenoxy) is 1. The Morgan fingerprint density at radius 3 is 1.55 bits per heavy atom. The van der Waals surface area contributed by atoms with Gasteiger partial charge in [-0.2, -0.15) is 8.61 Å². The van der Waals surface area contributed by atoms with Crippen molar-refractivity contribution in [3.8, 4) is 5.75 Å². The molecule has 1 aliphatic heterocycles. The van der Waals surface area contributed by atoms with Gasteiger partial charge in [-0.1, -0.05) is 0 Å². The van der Waals surface area contributed by atoms with Crippen molar-refractivity contribution in [2.24, 2.45) is 0 Å². The molecule has 0 spiro atoms. The zero-order chi connectivity index (χ0) is 24.2. The Kier molecular flexibility index (Phi) is 7.78. The second-order valence-electron chi connectivity index (χ2n) is 7.49. The Bertz CT molecular complexity index is 1170. The second kappa shape index (κ2) is 10.2. The van der Waals surface area contributed by atoms with Gasteiger partial charge in [0, 0.05) is 44.8 Å². The SMILES string of the molecule is CCN(CC)C(=O)c1ccc(S(=O)(=O)N2CCN(S(=O)(=O)c3ccc(OC)cc3)CC2)cc1. The normalized spacial score (nSPS) is 15.8. The largest absolute Gasteiger partial charge is 0.497 e. The van der Waals surface area contributed by atoms with Crippen LogP contribution in [0.5, 0.6) is 5.75 Å². The number of benzene rings is 2. The number of hydrogen-bond acceptors (Lipinski definition) is 6. The maximum Gasteiger partial charge on any atom is 0.253 e. The molecule has 11 heteroatoms. The molecule has 2 aromatic rings. The molecule has 3 rings (SSSR count). The van der Waals surface area contributed by atoms with Crippen LogP contribution in [0.15, 0.2) is 58.3 Å². The highest BCUT2D eigenvalue weighted by molar-refractivity contribution is 7.89. The van der Waals surface area contributed by atoms with Crippen LogP contribution in [0.3, 0.4) is 0 Å². The number of carbonyl (C=O) groups is 1. The van der Waals surface area contributed by atoms with E-state index in [1.165, 1.54) is 52.1 Å². The highest BCUT2D eigenvalue weighted by Crippen LogP contribution is 2.23. The van der Waals surface area contributed by atoms with Crippen molar-refractivity contribution >= 4 is 26.0 Å². The van der Waals surface area contributed by atoms with E-state index in [1.807, 2.05) is 13.8 Å². The van der Waals surface area contributed by atoms with E-state index in [4.69, 9.17) is 4.74 Å². The van der Waals surface area contributed by atoms with Crippen molar-refractivity contribution in [1.82, 2.24) is 13.5 Å². The molecule has 1 saturated heterocycles. The van der Waals surface area contributed by atoms with Gasteiger partial charge in [-0.25, -0.2) is 16.8 Å². The van der Waals surface area contributed by atoms with E-state index in [1.54, 1.807) is 17.0 Å². The summed E-state index contributed by atoms with van der Waals surface area (Å²) in [5.41, 5.74) is 0.424. The number of amides is 1. The third-order valence-electron chi connectivity index (χ3n) is 5.68. The summed E-state index contributed by atoms with van der Waals surface area (Å²) < 4.78 is 59.5. The van der Waals surface area contributed by atoms with Crippen LogP contribution in [-0.2, 0) is 20.0 Å². The van der Waals surface area contributed by atoms with Crippen LogP contribution < -0.4 is 4.74 Å². The Labute approximate surface area is 195 Å². The minimum Gasteiger partial charge on any atom is -0.497 e. The number of sulfonamides is 2. The smallest absolute Gasteiger partial charge is 0.253 e. The summed E-state index contributed by atoms with van der Waals surface area (Å²) in [4.78, 5) is 14.3. The fourth-order valence-corrected chi connectivity index (χ4v) is 6.50. The Hall–Kier alpha value is -2.47. The molecule has 0 unspecified atom stereocenters. The van der Waals surface area contributed by atoms with Gasteiger partial charge >= 0.3 is 0 Å². The van der Waals surface area contributed by atoms with E-state index in [0.29, 0.717) is 24.4 Å². The highest BCUT2D eigenvalue weighted by atomic mass is 32.2. The van der Waals surface area contributed by atoms with Crippen molar-refractivity contribution in [2.75, 3.05) is 46.4 Å². The molecule has 0 atom stereocenters. The lowest BCUT2D eigenvalue weighted by Crippen LogP contribution is -2.50. The fraction of sp³-hybridized carbons (Fsp3) is 0.409. The van der Waals surface area contributed by atoms with E-state index in [9.17, 15) is 21.6 Å². The van der Waals surface area contributed by atoms with E-state index in [2.05, 4.69) is 0 Å². The van der Waals surface area contributed by atoms with Crippen LogP contribution >= 0.6 is 0 Å². The molecule has 0 bridgehead atoms. The third kappa shape index (κ3) is 5.21. The minimum atomic E-state index is -3.81. The molecule has 9 nitrogen and oxygen atoms in total. The van der Waals surface area contributed by atoms with Crippen molar-refractivity contribution in [3.63, 3.8) is 0 Å². The molecule has 1 fully saturated rings. The number of methoxy groups -OCH3 is 1. The molecule has 1 amide bonds. The van der Waals surface area contributed by atoms with Crippen LogP contribution in [0.25, 0.3) is 0 Å². The van der Waals surface area contributed by atoms with Crippen LogP contribution in [0.2, 0.25) is 0 Å². The molecular weight excluding hydrogens is 466 g/mol.